The van der Waals surface area contributed by atoms with Crippen molar-refractivity contribution in [2.45, 2.75) is 51.4 Å². The third-order valence-corrected chi connectivity index (χ3v) is 8.02. The fourth-order valence-electron chi connectivity index (χ4n) is 5.49. The van der Waals surface area contributed by atoms with Gasteiger partial charge in [0.05, 0.1) is 0 Å². The molecule has 0 saturated carbocycles. The first-order valence-electron chi connectivity index (χ1n) is 15.8. The second-order valence-electron chi connectivity index (χ2n) is 11.3. The first-order chi connectivity index (χ1) is 22.4. The van der Waals surface area contributed by atoms with E-state index in [2.05, 4.69) is 0 Å². The highest BCUT2D eigenvalue weighted by Gasteiger charge is 2.35. The van der Waals surface area contributed by atoms with Crippen LogP contribution in [0, 0.1) is 11.8 Å². The zero-order valence-corrected chi connectivity index (χ0v) is 25.8. The Kier molecular flexibility index (Phi) is 12.8. The van der Waals surface area contributed by atoms with Gasteiger partial charge in [-0.05, 0) is 12.8 Å². The van der Waals surface area contributed by atoms with E-state index in [0.717, 1.165) is 25.7 Å². The second kappa shape index (κ2) is 17.4. The van der Waals surface area contributed by atoms with E-state index in [1.807, 2.05) is 0 Å². The molecule has 0 amide bonds. The highest BCUT2D eigenvalue weighted by molar-refractivity contribution is 6.28. The second-order valence-corrected chi connectivity index (χ2v) is 11.3. The molecule has 0 N–H and O–H groups in total. The summed E-state index contributed by atoms with van der Waals surface area (Å²) in [5, 5.41) is 0. The molecule has 0 aromatic heterocycles. The van der Waals surface area contributed by atoms with Gasteiger partial charge in [-0.1, -0.05) is 147 Å². The van der Waals surface area contributed by atoms with E-state index in [1.165, 1.54) is 0 Å². The van der Waals surface area contributed by atoms with Crippen molar-refractivity contribution in [1.29, 1.82) is 0 Å². The molecular weight excluding hydrogens is 576 g/mol. The number of benzene rings is 4. The number of hydrogen-bond acceptors (Lipinski definition) is 6. The molecular formula is C40H38O6. The number of hydrogen-bond donors (Lipinski definition) is 0. The van der Waals surface area contributed by atoms with E-state index in [-0.39, 0.29) is 24.4 Å². The first-order valence-corrected chi connectivity index (χ1v) is 15.8. The maximum Gasteiger partial charge on any atom is 0.181 e. The average Bonchev–Trinajstić information content (AvgIpc) is 3.10. The summed E-state index contributed by atoms with van der Waals surface area (Å²) < 4.78 is 0. The van der Waals surface area contributed by atoms with Crippen LogP contribution >= 0.6 is 0 Å². The van der Waals surface area contributed by atoms with Crippen LogP contribution in [-0.2, 0) is 9.59 Å². The molecule has 46 heavy (non-hydrogen) atoms. The maximum absolute atomic E-state index is 13.2. The zero-order chi connectivity index (χ0) is 32.7. The van der Waals surface area contributed by atoms with Gasteiger partial charge in [-0.3, -0.25) is 28.8 Å². The number of unbranched alkanes of at least 4 members (excludes halogenated alkanes) is 5. The maximum atomic E-state index is 13.2. The van der Waals surface area contributed by atoms with Crippen molar-refractivity contribution in [1.82, 2.24) is 0 Å². The first kappa shape index (κ1) is 33.8. The van der Waals surface area contributed by atoms with Crippen molar-refractivity contribution in [3.63, 3.8) is 0 Å². The van der Waals surface area contributed by atoms with E-state index >= 15 is 0 Å². The van der Waals surface area contributed by atoms with Crippen LogP contribution in [-0.4, -0.2) is 34.7 Å². The molecule has 0 bridgehead atoms. The summed E-state index contributed by atoms with van der Waals surface area (Å²) in [6, 6.07) is 33.7. The molecule has 0 unspecified atom stereocenters. The summed E-state index contributed by atoms with van der Waals surface area (Å²) in [5.74, 6) is -5.46. The summed E-state index contributed by atoms with van der Waals surface area (Å²) in [6.07, 6.45) is 4.38. The molecule has 4 rings (SSSR count). The number of ketones is 6. The minimum Gasteiger partial charge on any atom is -0.298 e. The van der Waals surface area contributed by atoms with Gasteiger partial charge in [0.2, 0.25) is 0 Å². The molecule has 0 aliphatic heterocycles. The molecule has 6 nitrogen and oxygen atoms in total. The van der Waals surface area contributed by atoms with Gasteiger partial charge in [0.1, 0.15) is 11.8 Å². The third-order valence-electron chi connectivity index (χ3n) is 8.02. The summed E-state index contributed by atoms with van der Waals surface area (Å²) >= 11 is 0. The van der Waals surface area contributed by atoms with Crippen molar-refractivity contribution >= 4 is 34.7 Å². The minimum atomic E-state index is -1.37. The fraction of sp³-hybridized carbons (Fsp3) is 0.250. The Morgan fingerprint density at radius 1 is 0.326 bits per heavy atom. The lowest BCUT2D eigenvalue weighted by Crippen LogP contribution is -2.32. The number of Topliss-reactive ketones (excluding diaryl/α,β-unsaturated/α-hetero) is 6. The van der Waals surface area contributed by atoms with Gasteiger partial charge in [-0.15, -0.1) is 0 Å². The van der Waals surface area contributed by atoms with Crippen LogP contribution in [0.25, 0.3) is 0 Å². The summed E-state index contributed by atoms with van der Waals surface area (Å²) in [7, 11) is 0. The summed E-state index contributed by atoms with van der Waals surface area (Å²) in [6.45, 7) is 0. The molecule has 0 aliphatic carbocycles. The Bertz CT molecular complexity index is 1400. The topological polar surface area (TPSA) is 102 Å². The average molecular weight is 615 g/mol. The van der Waals surface area contributed by atoms with Crippen LogP contribution in [0.3, 0.4) is 0 Å². The Hall–Kier alpha value is -5.10. The number of carbonyl (C=O) groups excluding carboxylic acids is 6. The Morgan fingerprint density at radius 2 is 0.543 bits per heavy atom. The van der Waals surface area contributed by atoms with Crippen LogP contribution in [0.15, 0.2) is 121 Å². The monoisotopic (exact) mass is 614 g/mol. The van der Waals surface area contributed by atoms with Crippen molar-refractivity contribution in [3.05, 3.63) is 144 Å². The van der Waals surface area contributed by atoms with Crippen LogP contribution in [0.4, 0.5) is 0 Å². The molecule has 0 aliphatic rings. The molecule has 0 heterocycles. The molecule has 234 valence electrons. The molecule has 0 atom stereocenters. The molecule has 0 saturated heterocycles. The third kappa shape index (κ3) is 9.21. The zero-order valence-electron chi connectivity index (χ0n) is 25.8. The van der Waals surface area contributed by atoms with Crippen molar-refractivity contribution in [3.8, 4) is 0 Å². The Morgan fingerprint density at radius 3 is 0.783 bits per heavy atom. The predicted octanol–water partition coefficient (Wildman–Crippen LogP) is 8.01. The lowest BCUT2D eigenvalue weighted by molar-refractivity contribution is -0.121. The van der Waals surface area contributed by atoms with Crippen LogP contribution < -0.4 is 0 Å². The van der Waals surface area contributed by atoms with E-state index in [0.29, 0.717) is 35.1 Å². The van der Waals surface area contributed by atoms with Crippen molar-refractivity contribution in [2.75, 3.05) is 0 Å². The number of rotatable bonds is 19. The van der Waals surface area contributed by atoms with Gasteiger partial charge in [0, 0.05) is 35.1 Å². The molecule has 4 aromatic carbocycles. The highest BCUT2D eigenvalue weighted by atomic mass is 16.2. The van der Waals surface area contributed by atoms with Gasteiger partial charge >= 0.3 is 0 Å². The standard InChI is InChI=1S/C40H38O6/c41-33(35(37(43)29-19-9-5-10-20-29)38(44)30-21-11-6-12-22-30)27-17-3-1-2-4-18-28-34(42)36(39(45)31-23-13-7-14-24-31)40(46)32-25-15-8-16-26-32/h5-16,19-26,35-36H,1-4,17-18,27-28H2. The molecule has 4 aromatic rings. The van der Waals surface area contributed by atoms with Gasteiger partial charge in [0.25, 0.3) is 0 Å². The smallest absolute Gasteiger partial charge is 0.181 e. The van der Waals surface area contributed by atoms with Gasteiger partial charge in [0.15, 0.2) is 34.7 Å². The van der Waals surface area contributed by atoms with E-state index in [9.17, 15) is 28.8 Å². The largest absolute Gasteiger partial charge is 0.298 e. The van der Waals surface area contributed by atoms with Crippen LogP contribution in [0.5, 0.6) is 0 Å². The van der Waals surface area contributed by atoms with Crippen molar-refractivity contribution < 1.29 is 28.8 Å². The van der Waals surface area contributed by atoms with Gasteiger partial charge in [-0.2, -0.15) is 0 Å². The van der Waals surface area contributed by atoms with E-state index in [4.69, 9.17) is 0 Å². The quantitative estimate of drug-likeness (QED) is 0.0602. The SMILES string of the molecule is O=C(CCCCCCCCC(=O)C(C(=O)c1ccccc1)C(=O)c1ccccc1)C(C(=O)c1ccccc1)C(=O)c1ccccc1. The predicted molar refractivity (Wildman–Crippen MR) is 177 cm³/mol. The van der Waals surface area contributed by atoms with E-state index < -0.39 is 35.0 Å². The van der Waals surface area contributed by atoms with Crippen LogP contribution in [0.2, 0.25) is 0 Å². The van der Waals surface area contributed by atoms with Crippen LogP contribution in [0.1, 0.15) is 92.8 Å². The summed E-state index contributed by atoms with van der Waals surface area (Å²) in [5.41, 5.74) is 1.33. The normalized spacial score (nSPS) is 10.9. The van der Waals surface area contributed by atoms with E-state index in [1.54, 1.807) is 121 Å². The lowest BCUT2D eigenvalue weighted by Gasteiger charge is -2.15. The minimum absolute atomic E-state index is 0.116. The lowest BCUT2D eigenvalue weighted by atomic mass is 9.84. The van der Waals surface area contributed by atoms with Gasteiger partial charge in [-0.25, -0.2) is 0 Å². The molecule has 0 spiro atoms. The Labute approximate surface area is 269 Å². The molecule has 0 fully saturated rings. The molecule has 0 radical (unpaired) electrons. The summed E-state index contributed by atoms with van der Waals surface area (Å²) in [4.78, 5) is 79.4. The number of carbonyl (C=O) groups is 6. The molecule has 6 heteroatoms. The van der Waals surface area contributed by atoms with Crippen molar-refractivity contribution in [2.24, 2.45) is 11.8 Å². The highest BCUT2D eigenvalue weighted by Crippen LogP contribution is 2.22. The van der Waals surface area contributed by atoms with Gasteiger partial charge < -0.3 is 0 Å². The fourth-order valence-corrected chi connectivity index (χ4v) is 5.49. The Balaban J connectivity index is 1.26.